The van der Waals surface area contributed by atoms with Gasteiger partial charge < -0.3 is 4.43 Å². The monoisotopic (exact) mass is 140 g/mol. The van der Waals surface area contributed by atoms with Gasteiger partial charge in [-0.3, -0.25) is 0 Å². The Hall–Kier alpha value is -0.243. The Morgan fingerprint density at radius 3 is 3.00 bits per heavy atom. The Labute approximate surface area is 59.6 Å². The standard InChI is InChI=1S/C7H12OSi/c9-8-7-5-3-1-2-4-6-7/h5,9H,1-4,6H2. The zero-order chi connectivity index (χ0) is 6.53. The van der Waals surface area contributed by atoms with E-state index in [1.807, 2.05) is 0 Å². The van der Waals surface area contributed by atoms with Gasteiger partial charge in [-0.15, -0.1) is 0 Å². The highest BCUT2D eigenvalue weighted by Crippen LogP contribution is 2.16. The van der Waals surface area contributed by atoms with Crippen LogP contribution in [-0.2, 0) is 4.43 Å². The molecule has 0 unspecified atom stereocenters. The Kier molecular flexibility index (Phi) is 2.84. The van der Waals surface area contributed by atoms with E-state index in [0.717, 1.165) is 12.2 Å². The lowest BCUT2D eigenvalue weighted by Crippen LogP contribution is -1.85. The molecule has 0 N–H and O–H groups in total. The Morgan fingerprint density at radius 2 is 2.22 bits per heavy atom. The number of allylic oxidation sites excluding steroid dienone is 2. The van der Waals surface area contributed by atoms with Crippen LogP contribution in [0.3, 0.4) is 0 Å². The van der Waals surface area contributed by atoms with Crippen molar-refractivity contribution in [1.29, 1.82) is 0 Å². The SMILES string of the molecule is [SiH]OC1=CCCCCC1. The van der Waals surface area contributed by atoms with Crippen LogP contribution in [0.5, 0.6) is 0 Å². The Morgan fingerprint density at radius 1 is 1.33 bits per heavy atom. The van der Waals surface area contributed by atoms with Gasteiger partial charge in [-0.1, -0.05) is 6.42 Å². The predicted octanol–water partition coefficient (Wildman–Crippen LogP) is 1.67. The van der Waals surface area contributed by atoms with Crippen molar-refractivity contribution in [3.63, 3.8) is 0 Å². The third kappa shape index (κ3) is 2.22. The summed E-state index contributed by atoms with van der Waals surface area (Å²) < 4.78 is 5.05. The fourth-order valence-corrected chi connectivity index (χ4v) is 1.31. The Bertz CT molecular complexity index is 109. The molecule has 1 aliphatic rings. The van der Waals surface area contributed by atoms with Gasteiger partial charge in [-0.25, -0.2) is 0 Å². The molecule has 2 heteroatoms. The van der Waals surface area contributed by atoms with E-state index in [1.165, 1.54) is 25.7 Å². The summed E-state index contributed by atoms with van der Waals surface area (Å²) in [6, 6.07) is 0. The normalized spacial score (nSPS) is 20.3. The van der Waals surface area contributed by atoms with Crippen LogP contribution in [0.15, 0.2) is 11.8 Å². The molecule has 0 atom stereocenters. The number of hydrogen-bond acceptors (Lipinski definition) is 1. The summed E-state index contributed by atoms with van der Waals surface area (Å²) in [5.74, 6) is 1.15. The molecule has 0 saturated carbocycles. The second-order valence-electron chi connectivity index (χ2n) is 2.39. The van der Waals surface area contributed by atoms with Crippen molar-refractivity contribution in [2.45, 2.75) is 32.1 Å². The second kappa shape index (κ2) is 3.72. The molecule has 0 fully saturated rings. The van der Waals surface area contributed by atoms with Crippen molar-refractivity contribution in [2.24, 2.45) is 0 Å². The van der Waals surface area contributed by atoms with Crippen molar-refractivity contribution in [3.05, 3.63) is 11.8 Å². The number of hydrogen-bond donors (Lipinski definition) is 0. The van der Waals surface area contributed by atoms with E-state index in [9.17, 15) is 0 Å². The summed E-state index contributed by atoms with van der Waals surface area (Å²) in [5, 5.41) is 0. The molecule has 1 rings (SSSR count). The molecule has 0 heterocycles. The van der Waals surface area contributed by atoms with Crippen molar-refractivity contribution in [3.8, 4) is 0 Å². The molecule has 0 aliphatic heterocycles. The first-order chi connectivity index (χ1) is 4.43. The maximum absolute atomic E-state index is 5.05. The second-order valence-corrected chi connectivity index (χ2v) is 2.62. The highest BCUT2D eigenvalue weighted by molar-refractivity contribution is 5.98. The molecule has 0 saturated heterocycles. The van der Waals surface area contributed by atoms with Gasteiger partial charge in [0.25, 0.3) is 10.5 Å². The van der Waals surface area contributed by atoms with Crippen molar-refractivity contribution in [1.82, 2.24) is 0 Å². The largest absolute Gasteiger partial charge is 0.548 e. The molecule has 0 bridgehead atoms. The average Bonchev–Trinajstić information content (AvgIpc) is 2.13. The lowest BCUT2D eigenvalue weighted by atomic mass is 10.2. The van der Waals surface area contributed by atoms with E-state index in [-0.39, 0.29) is 0 Å². The van der Waals surface area contributed by atoms with Crippen molar-refractivity contribution in [2.75, 3.05) is 0 Å². The molecular formula is C7H12OSi. The van der Waals surface area contributed by atoms with E-state index < -0.39 is 0 Å². The average molecular weight is 140 g/mol. The van der Waals surface area contributed by atoms with Crippen molar-refractivity contribution >= 4 is 10.5 Å². The van der Waals surface area contributed by atoms with Crippen LogP contribution in [0.2, 0.25) is 0 Å². The fraction of sp³-hybridized carbons (Fsp3) is 0.714. The summed E-state index contributed by atoms with van der Waals surface area (Å²) in [4.78, 5) is 0. The summed E-state index contributed by atoms with van der Waals surface area (Å²) in [6.07, 6.45) is 8.50. The molecule has 0 spiro atoms. The van der Waals surface area contributed by atoms with E-state index in [2.05, 4.69) is 16.6 Å². The van der Waals surface area contributed by atoms with Crippen LogP contribution < -0.4 is 0 Å². The van der Waals surface area contributed by atoms with Gasteiger partial charge in [-0.2, -0.15) is 0 Å². The predicted molar refractivity (Wildman–Crippen MR) is 39.4 cm³/mol. The molecular weight excluding hydrogens is 128 g/mol. The molecule has 0 amide bonds. The minimum absolute atomic E-state index is 1.13. The van der Waals surface area contributed by atoms with Gasteiger partial charge in [0.1, 0.15) is 0 Å². The zero-order valence-corrected chi connectivity index (χ0v) is 6.75. The summed E-state index contributed by atoms with van der Waals surface area (Å²) in [5.41, 5.74) is 0. The lowest BCUT2D eigenvalue weighted by molar-refractivity contribution is 0.438. The maximum atomic E-state index is 5.05. The van der Waals surface area contributed by atoms with Crippen LogP contribution in [0.25, 0.3) is 0 Å². The van der Waals surface area contributed by atoms with Gasteiger partial charge in [0.05, 0.1) is 5.76 Å². The maximum Gasteiger partial charge on any atom is 0.288 e. The van der Waals surface area contributed by atoms with Crippen molar-refractivity contribution < 1.29 is 4.43 Å². The van der Waals surface area contributed by atoms with Gasteiger partial charge in [-0.05, 0) is 25.3 Å². The molecule has 1 nitrogen and oxygen atoms in total. The molecule has 2 radical (unpaired) electrons. The van der Waals surface area contributed by atoms with Crippen LogP contribution in [0.1, 0.15) is 32.1 Å². The lowest BCUT2D eigenvalue weighted by Gasteiger charge is -2.01. The van der Waals surface area contributed by atoms with Crippen LogP contribution >= 0.6 is 0 Å². The van der Waals surface area contributed by atoms with Gasteiger partial charge in [0.15, 0.2) is 0 Å². The smallest absolute Gasteiger partial charge is 0.288 e. The van der Waals surface area contributed by atoms with Gasteiger partial charge in [0, 0.05) is 6.42 Å². The fourth-order valence-electron chi connectivity index (χ4n) is 1.09. The van der Waals surface area contributed by atoms with Gasteiger partial charge >= 0.3 is 0 Å². The minimum Gasteiger partial charge on any atom is -0.548 e. The molecule has 0 aromatic heterocycles. The molecule has 50 valence electrons. The summed E-state index contributed by atoms with van der Waals surface area (Å²) >= 11 is 0. The van der Waals surface area contributed by atoms with E-state index in [1.54, 1.807) is 0 Å². The molecule has 0 aromatic rings. The van der Waals surface area contributed by atoms with E-state index in [0.29, 0.717) is 0 Å². The first-order valence-electron chi connectivity index (χ1n) is 3.49. The van der Waals surface area contributed by atoms with E-state index in [4.69, 9.17) is 4.43 Å². The molecule has 9 heavy (non-hydrogen) atoms. The highest BCUT2D eigenvalue weighted by atomic mass is 28.2. The highest BCUT2D eigenvalue weighted by Gasteiger charge is 1.99. The molecule has 0 aromatic carbocycles. The first-order valence-corrected chi connectivity index (χ1v) is 3.96. The third-order valence-corrected chi connectivity index (χ3v) is 1.95. The molecule has 1 aliphatic carbocycles. The third-order valence-electron chi connectivity index (χ3n) is 1.65. The van der Waals surface area contributed by atoms with Gasteiger partial charge in [0.2, 0.25) is 0 Å². The summed E-state index contributed by atoms with van der Waals surface area (Å²) in [7, 11) is 2.30. The van der Waals surface area contributed by atoms with Crippen LogP contribution in [0, 0.1) is 0 Å². The zero-order valence-electron chi connectivity index (χ0n) is 5.60. The van der Waals surface area contributed by atoms with Crippen LogP contribution in [-0.4, -0.2) is 10.5 Å². The topological polar surface area (TPSA) is 9.23 Å². The first kappa shape index (κ1) is 6.87. The summed E-state index contributed by atoms with van der Waals surface area (Å²) in [6.45, 7) is 0. The Balaban J connectivity index is 2.37. The van der Waals surface area contributed by atoms with E-state index >= 15 is 0 Å². The van der Waals surface area contributed by atoms with Crippen LogP contribution in [0.4, 0.5) is 0 Å². The minimum atomic E-state index is 1.13. The number of rotatable bonds is 1. The quantitative estimate of drug-likeness (QED) is 0.503.